The Balaban J connectivity index is 0.00000208. The molecule has 1 aromatic carbocycles. The summed E-state index contributed by atoms with van der Waals surface area (Å²) in [4.78, 5) is 12.4. The number of amides is 1. The molecule has 0 radical (unpaired) electrons. The lowest BCUT2D eigenvalue weighted by Crippen LogP contribution is -2.38. The van der Waals surface area contributed by atoms with Crippen LogP contribution in [-0.4, -0.2) is 35.3 Å². The van der Waals surface area contributed by atoms with Crippen molar-refractivity contribution in [3.8, 4) is 5.69 Å². The summed E-state index contributed by atoms with van der Waals surface area (Å²) >= 11 is 5.90. The lowest BCUT2D eigenvalue weighted by molar-refractivity contribution is 0.0944. The molecule has 0 spiro atoms. The maximum atomic E-state index is 12.4. The molecule has 2 aromatic rings. The smallest absolute Gasteiger partial charge is 0.254 e. The molecule has 1 aliphatic heterocycles. The molecule has 1 atom stereocenters. The lowest BCUT2D eigenvalue weighted by atomic mass is 10.00. The van der Waals surface area contributed by atoms with Crippen molar-refractivity contribution < 1.29 is 4.79 Å². The summed E-state index contributed by atoms with van der Waals surface area (Å²) in [6.07, 6.45) is 4.11. The Labute approximate surface area is 153 Å². The number of aromatic nitrogens is 2. The van der Waals surface area contributed by atoms with Crippen LogP contribution in [0.5, 0.6) is 0 Å². The van der Waals surface area contributed by atoms with Gasteiger partial charge in [-0.15, -0.1) is 12.4 Å². The number of nitrogens with one attached hydrogen (secondary N) is 2. The van der Waals surface area contributed by atoms with E-state index in [2.05, 4.69) is 15.7 Å². The number of aryl methyl sites for hydroxylation is 1. The average molecular weight is 369 g/mol. The highest BCUT2D eigenvalue weighted by Crippen LogP contribution is 2.15. The van der Waals surface area contributed by atoms with Crippen LogP contribution in [0.25, 0.3) is 5.69 Å². The van der Waals surface area contributed by atoms with Crippen molar-refractivity contribution in [2.24, 2.45) is 5.92 Å². The number of nitrogens with zero attached hydrogens (tertiary/aromatic N) is 2. The third kappa shape index (κ3) is 4.50. The second-order valence-electron chi connectivity index (χ2n) is 5.97. The minimum atomic E-state index is -0.0618. The number of piperidine rings is 1. The maximum Gasteiger partial charge on any atom is 0.254 e. The van der Waals surface area contributed by atoms with Gasteiger partial charge in [-0.1, -0.05) is 11.6 Å². The lowest BCUT2D eigenvalue weighted by Gasteiger charge is -2.22. The Morgan fingerprint density at radius 2 is 2.17 bits per heavy atom. The zero-order chi connectivity index (χ0) is 16.2. The fraction of sp³-hybridized carbons (Fsp3) is 0.412. The monoisotopic (exact) mass is 368 g/mol. The molecule has 1 aromatic heterocycles. The molecule has 0 bridgehead atoms. The molecule has 5 nitrogen and oxygen atoms in total. The largest absolute Gasteiger partial charge is 0.352 e. The second kappa shape index (κ2) is 8.51. The van der Waals surface area contributed by atoms with Gasteiger partial charge >= 0.3 is 0 Å². The van der Waals surface area contributed by atoms with Crippen molar-refractivity contribution in [3.63, 3.8) is 0 Å². The van der Waals surface area contributed by atoms with Crippen molar-refractivity contribution in [1.82, 2.24) is 20.4 Å². The predicted molar refractivity (Wildman–Crippen MR) is 98.5 cm³/mol. The van der Waals surface area contributed by atoms with E-state index in [0.717, 1.165) is 30.9 Å². The van der Waals surface area contributed by atoms with Gasteiger partial charge in [0.1, 0.15) is 0 Å². The molecule has 1 fully saturated rings. The topological polar surface area (TPSA) is 59.0 Å². The number of hydrogen-bond acceptors (Lipinski definition) is 3. The van der Waals surface area contributed by atoms with Crippen LogP contribution in [-0.2, 0) is 0 Å². The van der Waals surface area contributed by atoms with E-state index >= 15 is 0 Å². The molecular weight excluding hydrogens is 347 g/mol. The number of benzene rings is 1. The minimum Gasteiger partial charge on any atom is -0.352 e. The Bertz CT molecular complexity index is 678. The average Bonchev–Trinajstić information content (AvgIpc) is 2.96. The standard InChI is InChI=1S/C17H21ClN4O.ClH/c1-12-16(17(23)20-10-13-3-2-8-19-9-13)11-22(21-12)15-6-4-14(18)5-7-15;/h4-7,11,13,19H,2-3,8-10H2,1H3,(H,20,23);1H. The number of carbonyl (C=O) groups excluding carboxylic acids is 1. The highest BCUT2D eigenvalue weighted by atomic mass is 35.5. The van der Waals surface area contributed by atoms with E-state index < -0.39 is 0 Å². The Hall–Kier alpha value is -1.56. The molecule has 2 N–H and O–H groups in total. The molecule has 1 aliphatic rings. The molecular formula is C17H22Cl2N4O. The van der Waals surface area contributed by atoms with E-state index in [0.29, 0.717) is 23.0 Å². The van der Waals surface area contributed by atoms with Crippen LogP contribution in [0.2, 0.25) is 5.02 Å². The van der Waals surface area contributed by atoms with Crippen molar-refractivity contribution in [3.05, 3.63) is 46.7 Å². The Morgan fingerprint density at radius 3 is 2.83 bits per heavy atom. The highest BCUT2D eigenvalue weighted by Gasteiger charge is 2.17. The quantitative estimate of drug-likeness (QED) is 0.871. The van der Waals surface area contributed by atoms with E-state index in [-0.39, 0.29) is 18.3 Å². The van der Waals surface area contributed by atoms with Gasteiger partial charge in [-0.05, 0) is 63.0 Å². The van der Waals surface area contributed by atoms with Gasteiger partial charge in [0, 0.05) is 17.8 Å². The van der Waals surface area contributed by atoms with Crippen molar-refractivity contribution >= 4 is 29.9 Å². The number of rotatable bonds is 4. The fourth-order valence-electron chi connectivity index (χ4n) is 2.84. The van der Waals surface area contributed by atoms with Crippen LogP contribution >= 0.6 is 24.0 Å². The molecule has 3 rings (SSSR count). The number of hydrogen-bond donors (Lipinski definition) is 2. The van der Waals surface area contributed by atoms with Crippen LogP contribution < -0.4 is 10.6 Å². The van der Waals surface area contributed by atoms with Gasteiger partial charge in [0.05, 0.1) is 16.9 Å². The molecule has 1 saturated heterocycles. The molecule has 0 saturated carbocycles. The second-order valence-corrected chi connectivity index (χ2v) is 6.41. The third-order valence-corrected chi connectivity index (χ3v) is 4.44. The van der Waals surface area contributed by atoms with Gasteiger partial charge < -0.3 is 10.6 Å². The minimum absolute atomic E-state index is 0. The number of halogens is 2. The van der Waals surface area contributed by atoms with E-state index in [1.165, 1.54) is 6.42 Å². The summed E-state index contributed by atoms with van der Waals surface area (Å²) in [6, 6.07) is 7.38. The van der Waals surface area contributed by atoms with Crippen molar-refractivity contribution in [1.29, 1.82) is 0 Å². The summed E-state index contributed by atoms with van der Waals surface area (Å²) < 4.78 is 1.71. The predicted octanol–water partition coefficient (Wildman–Crippen LogP) is 2.99. The molecule has 2 heterocycles. The van der Waals surface area contributed by atoms with Gasteiger partial charge in [0.25, 0.3) is 5.91 Å². The SMILES string of the molecule is Cc1nn(-c2ccc(Cl)cc2)cc1C(=O)NCC1CCCNC1.Cl. The zero-order valence-corrected chi connectivity index (χ0v) is 15.2. The van der Waals surface area contributed by atoms with Gasteiger partial charge in [-0.25, -0.2) is 4.68 Å². The molecule has 7 heteroatoms. The molecule has 24 heavy (non-hydrogen) atoms. The van der Waals surface area contributed by atoms with E-state index in [4.69, 9.17) is 11.6 Å². The first-order chi connectivity index (χ1) is 11.1. The normalized spacial score (nSPS) is 17.2. The van der Waals surface area contributed by atoms with Crippen LogP contribution in [0, 0.1) is 12.8 Å². The molecule has 0 aliphatic carbocycles. The summed E-state index contributed by atoms with van der Waals surface area (Å²) in [6.45, 7) is 4.61. The summed E-state index contributed by atoms with van der Waals surface area (Å²) in [7, 11) is 0. The third-order valence-electron chi connectivity index (χ3n) is 4.18. The maximum absolute atomic E-state index is 12.4. The summed E-state index contributed by atoms with van der Waals surface area (Å²) in [5.74, 6) is 0.451. The molecule has 1 unspecified atom stereocenters. The molecule has 1 amide bonds. The van der Waals surface area contributed by atoms with Crippen LogP contribution in [0.15, 0.2) is 30.5 Å². The van der Waals surface area contributed by atoms with Gasteiger partial charge in [-0.2, -0.15) is 5.10 Å². The number of carbonyl (C=O) groups is 1. The van der Waals surface area contributed by atoms with E-state index in [9.17, 15) is 4.79 Å². The highest BCUT2D eigenvalue weighted by molar-refractivity contribution is 6.30. The summed E-state index contributed by atoms with van der Waals surface area (Å²) in [5.41, 5.74) is 2.22. The van der Waals surface area contributed by atoms with Crippen molar-refractivity contribution in [2.45, 2.75) is 19.8 Å². The van der Waals surface area contributed by atoms with Gasteiger partial charge in [0.2, 0.25) is 0 Å². The zero-order valence-electron chi connectivity index (χ0n) is 13.6. The summed E-state index contributed by atoms with van der Waals surface area (Å²) in [5, 5.41) is 11.5. The molecule has 130 valence electrons. The first-order valence-corrected chi connectivity index (χ1v) is 8.32. The Kier molecular flexibility index (Phi) is 6.66. The first-order valence-electron chi connectivity index (χ1n) is 7.94. The fourth-order valence-corrected chi connectivity index (χ4v) is 2.97. The first kappa shape index (κ1) is 18.8. The van der Waals surface area contributed by atoms with Crippen LogP contribution in [0.4, 0.5) is 0 Å². The van der Waals surface area contributed by atoms with E-state index in [1.807, 2.05) is 31.2 Å². The van der Waals surface area contributed by atoms with Gasteiger partial charge in [0.15, 0.2) is 0 Å². The Morgan fingerprint density at radius 1 is 1.42 bits per heavy atom. The van der Waals surface area contributed by atoms with Crippen molar-refractivity contribution in [2.75, 3.05) is 19.6 Å². The van der Waals surface area contributed by atoms with Crippen LogP contribution in [0.1, 0.15) is 28.9 Å². The van der Waals surface area contributed by atoms with Gasteiger partial charge in [-0.3, -0.25) is 4.79 Å². The van der Waals surface area contributed by atoms with E-state index in [1.54, 1.807) is 10.9 Å². The van der Waals surface area contributed by atoms with Crippen LogP contribution in [0.3, 0.4) is 0 Å².